The molecule has 0 bridgehead atoms. The minimum Gasteiger partial charge on any atom is -0.302 e. The standard InChI is InChI=1S/C17H18FN/c1-19(2)17-11-16(12-7-9-13(18)10-8-12)14-5-3-4-6-15(14)17/h3-10,16-17H,11H2,1-2H3/t16-,17+/m1/s1. The summed E-state index contributed by atoms with van der Waals surface area (Å²) >= 11 is 0. The molecule has 19 heavy (non-hydrogen) atoms. The van der Waals surface area contributed by atoms with Crippen LogP contribution in [0.1, 0.15) is 35.1 Å². The van der Waals surface area contributed by atoms with Gasteiger partial charge in [0.1, 0.15) is 5.82 Å². The number of hydrogen-bond acceptors (Lipinski definition) is 1. The Hall–Kier alpha value is -1.67. The molecule has 0 unspecified atom stereocenters. The number of halogens is 1. The molecular formula is C17H18FN. The van der Waals surface area contributed by atoms with Gasteiger partial charge in [0, 0.05) is 12.0 Å². The first-order chi connectivity index (χ1) is 9.16. The summed E-state index contributed by atoms with van der Waals surface area (Å²) in [6.07, 6.45) is 1.07. The van der Waals surface area contributed by atoms with Crippen molar-refractivity contribution < 1.29 is 4.39 Å². The van der Waals surface area contributed by atoms with Crippen LogP contribution in [0.15, 0.2) is 48.5 Å². The highest BCUT2D eigenvalue weighted by Crippen LogP contribution is 2.45. The molecule has 0 N–H and O–H groups in total. The van der Waals surface area contributed by atoms with Crippen molar-refractivity contribution in [1.29, 1.82) is 0 Å². The van der Waals surface area contributed by atoms with Crippen molar-refractivity contribution in [3.63, 3.8) is 0 Å². The summed E-state index contributed by atoms with van der Waals surface area (Å²) in [6, 6.07) is 16.0. The summed E-state index contributed by atoms with van der Waals surface area (Å²) in [5.74, 6) is 0.211. The molecule has 1 nitrogen and oxygen atoms in total. The van der Waals surface area contributed by atoms with Gasteiger partial charge < -0.3 is 4.90 Å². The van der Waals surface area contributed by atoms with E-state index in [4.69, 9.17) is 0 Å². The Bertz CT molecular complexity index is 574. The third kappa shape index (κ3) is 2.17. The van der Waals surface area contributed by atoms with Crippen molar-refractivity contribution in [1.82, 2.24) is 4.90 Å². The molecule has 0 aliphatic heterocycles. The number of hydrogen-bond donors (Lipinski definition) is 0. The van der Waals surface area contributed by atoms with E-state index in [0.717, 1.165) is 6.42 Å². The second-order valence-electron chi connectivity index (χ2n) is 5.45. The zero-order chi connectivity index (χ0) is 13.4. The van der Waals surface area contributed by atoms with E-state index >= 15 is 0 Å². The molecule has 0 heterocycles. The van der Waals surface area contributed by atoms with Gasteiger partial charge >= 0.3 is 0 Å². The highest BCUT2D eigenvalue weighted by Gasteiger charge is 2.32. The SMILES string of the molecule is CN(C)[C@H]1C[C@H](c2ccc(F)cc2)c2ccccc21. The summed E-state index contributed by atoms with van der Waals surface area (Å²) in [6.45, 7) is 0. The smallest absolute Gasteiger partial charge is 0.123 e. The van der Waals surface area contributed by atoms with Crippen LogP contribution >= 0.6 is 0 Å². The monoisotopic (exact) mass is 255 g/mol. The topological polar surface area (TPSA) is 3.24 Å². The van der Waals surface area contributed by atoms with Gasteiger partial charge in [0.25, 0.3) is 0 Å². The highest BCUT2D eigenvalue weighted by molar-refractivity contribution is 5.44. The van der Waals surface area contributed by atoms with Crippen LogP contribution < -0.4 is 0 Å². The molecule has 0 amide bonds. The predicted molar refractivity (Wildman–Crippen MR) is 75.7 cm³/mol. The molecule has 0 saturated carbocycles. The van der Waals surface area contributed by atoms with E-state index in [1.165, 1.54) is 16.7 Å². The molecule has 0 fully saturated rings. The van der Waals surface area contributed by atoms with E-state index in [1.807, 2.05) is 12.1 Å². The minimum absolute atomic E-state index is 0.167. The molecule has 2 aromatic carbocycles. The lowest BCUT2D eigenvalue weighted by atomic mass is 9.93. The summed E-state index contributed by atoms with van der Waals surface area (Å²) in [7, 11) is 4.24. The predicted octanol–water partition coefficient (Wildman–Crippen LogP) is 3.96. The minimum atomic E-state index is -0.167. The van der Waals surface area contributed by atoms with Crippen molar-refractivity contribution in [2.75, 3.05) is 14.1 Å². The van der Waals surface area contributed by atoms with E-state index in [2.05, 4.69) is 43.3 Å². The maximum Gasteiger partial charge on any atom is 0.123 e. The molecular weight excluding hydrogens is 237 g/mol. The zero-order valence-electron chi connectivity index (χ0n) is 11.3. The van der Waals surface area contributed by atoms with Crippen LogP contribution in [-0.2, 0) is 0 Å². The van der Waals surface area contributed by atoms with Crippen LogP contribution in [0.2, 0.25) is 0 Å². The first-order valence-electron chi connectivity index (χ1n) is 6.67. The van der Waals surface area contributed by atoms with Gasteiger partial charge in [-0.2, -0.15) is 0 Å². The van der Waals surface area contributed by atoms with Gasteiger partial charge in [0.15, 0.2) is 0 Å². The highest BCUT2D eigenvalue weighted by atomic mass is 19.1. The number of benzene rings is 2. The Kier molecular flexibility index (Phi) is 3.11. The van der Waals surface area contributed by atoms with Crippen LogP contribution in [0.4, 0.5) is 4.39 Å². The Balaban J connectivity index is 2.03. The first-order valence-corrected chi connectivity index (χ1v) is 6.67. The van der Waals surface area contributed by atoms with Crippen LogP contribution in [0.5, 0.6) is 0 Å². The van der Waals surface area contributed by atoms with Crippen molar-refractivity contribution in [2.24, 2.45) is 0 Å². The van der Waals surface area contributed by atoms with Crippen LogP contribution in [-0.4, -0.2) is 19.0 Å². The molecule has 2 heteroatoms. The fourth-order valence-electron chi connectivity index (χ4n) is 3.11. The normalized spacial score (nSPS) is 21.7. The number of fused-ring (bicyclic) bond motifs is 1. The summed E-state index contributed by atoms with van der Waals surface area (Å²) < 4.78 is 13.1. The average molecular weight is 255 g/mol. The van der Waals surface area contributed by atoms with Crippen LogP contribution in [0.25, 0.3) is 0 Å². The lowest BCUT2D eigenvalue weighted by Gasteiger charge is -2.20. The zero-order valence-corrected chi connectivity index (χ0v) is 11.3. The Morgan fingerprint density at radius 3 is 2.21 bits per heavy atom. The van der Waals surface area contributed by atoms with E-state index in [9.17, 15) is 4.39 Å². The molecule has 2 aromatic rings. The van der Waals surface area contributed by atoms with Crippen LogP contribution in [0, 0.1) is 5.82 Å². The fraction of sp³-hybridized carbons (Fsp3) is 0.294. The average Bonchev–Trinajstić information content (AvgIpc) is 2.79. The van der Waals surface area contributed by atoms with E-state index in [0.29, 0.717) is 12.0 Å². The van der Waals surface area contributed by atoms with E-state index in [-0.39, 0.29) is 5.82 Å². The lowest BCUT2D eigenvalue weighted by Crippen LogP contribution is -2.17. The Labute approximate surface area is 113 Å². The van der Waals surface area contributed by atoms with Crippen molar-refractivity contribution in [3.05, 3.63) is 71.0 Å². The van der Waals surface area contributed by atoms with Crippen molar-refractivity contribution in [3.8, 4) is 0 Å². The maximum atomic E-state index is 13.1. The lowest BCUT2D eigenvalue weighted by molar-refractivity contribution is 0.293. The van der Waals surface area contributed by atoms with Gasteiger partial charge in [-0.1, -0.05) is 36.4 Å². The van der Waals surface area contributed by atoms with Crippen molar-refractivity contribution >= 4 is 0 Å². The number of nitrogens with zero attached hydrogens (tertiary/aromatic N) is 1. The molecule has 98 valence electrons. The number of rotatable bonds is 2. The second-order valence-corrected chi connectivity index (χ2v) is 5.45. The fourth-order valence-corrected chi connectivity index (χ4v) is 3.11. The van der Waals surface area contributed by atoms with E-state index < -0.39 is 0 Å². The van der Waals surface area contributed by atoms with Crippen LogP contribution in [0.3, 0.4) is 0 Å². The largest absolute Gasteiger partial charge is 0.302 e. The molecule has 1 aliphatic carbocycles. The quantitative estimate of drug-likeness (QED) is 0.785. The maximum absolute atomic E-state index is 13.1. The molecule has 0 spiro atoms. The summed E-state index contributed by atoms with van der Waals surface area (Å²) in [4.78, 5) is 2.27. The molecule has 1 aliphatic rings. The molecule has 2 atom stereocenters. The van der Waals surface area contributed by atoms with E-state index in [1.54, 1.807) is 12.1 Å². The molecule has 0 radical (unpaired) electrons. The third-order valence-corrected chi connectivity index (χ3v) is 4.09. The Morgan fingerprint density at radius 2 is 1.58 bits per heavy atom. The molecule has 3 rings (SSSR count). The van der Waals surface area contributed by atoms with Gasteiger partial charge in [-0.25, -0.2) is 4.39 Å². The molecule has 0 aromatic heterocycles. The second kappa shape index (κ2) is 4.78. The summed E-state index contributed by atoms with van der Waals surface area (Å²) in [5, 5.41) is 0. The molecule has 0 saturated heterocycles. The van der Waals surface area contributed by atoms with Gasteiger partial charge in [0.2, 0.25) is 0 Å². The van der Waals surface area contributed by atoms with Gasteiger partial charge in [0.05, 0.1) is 0 Å². The van der Waals surface area contributed by atoms with Crippen molar-refractivity contribution in [2.45, 2.75) is 18.4 Å². The third-order valence-electron chi connectivity index (χ3n) is 4.09. The van der Waals surface area contributed by atoms with Gasteiger partial charge in [-0.05, 0) is 49.3 Å². The summed E-state index contributed by atoms with van der Waals surface area (Å²) in [5.41, 5.74) is 3.99. The van der Waals surface area contributed by atoms with Gasteiger partial charge in [-0.15, -0.1) is 0 Å². The first kappa shape index (κ1) is 12.4. The Morgan fingerprint density at radius 1 is 0.947 bits per heavy atom. The van der Waals surface area contributed by atoms with Gasteiger partial charge in [-0.3, -0.25) is 0 Å².